The summed E-state index contributed by atoms with van der Waals surface area (Å²) in [7, 11) is 0. The van der Waals surface area contributed by atoms with Gasteiger partial charge in [0.2, 0.25) is 0 Å². The van der Waals surface area contributed by atoms with Crippen LogP contribution in [0.15, 0.2) is 41.3 Å². The minimum Gasteiger partial charge on any atom is -0.475 e. The molecular weight excluding hydrogens is 469 g/mol. The molecule has 2 amide bonds. The van der Waals surface area contributed by atoms with Crippen LogP contribution in [0.1, 0.15) is 36.7 Å². The molecule has 1 fully saturated rings. The number of hydrogen-bond donors (Lipinski definition) is 3. The van der Waals surface area contributed by atoms with Crippen molar-refractivity contribution in [2.24, 2.45) is 0 Å². The Morgan fingerprint density at radius 3 is 2.60 bits per heavy atom. The predicted molar refractivity (Wildman–Crippen MR) is 116 cm³/mol. The number of alkyl halides is 3. The number of urea groups is 1. The second-order valence-electron chi connectivity index (χ2n) is 8.43. The number of H-pyrrole nitrogens is 1. The molecule has 5 heterocycles. The molecule has 1 saturated heterocycles. The minimum atomic E-state index is -5.08. The topological polar surface area (TPSA) is 129 Å². The Morgan fingerprint density at radius 1 is 1.20 bits per heavy atom. The first-order valence-electron chi connectivity index (χ1n) is 11.2. The molecule has 0 aromatic carbocycles. The second kappa shape index (κ2) is 10.2. The third-order valence-corrected chi connectivity index (χ3v) is 6.11. The molecule has 0 radical (unpaired) electrons. The third-order valence-electron chi connectivity index (χ3n) is 6.11. The van der Waals surface area contributed by atoms with E-state index in [1.807, 2.05) is 29.4 Å². The molecule has 5 rings (SSSR count). The Morgan fingerprint density at radius 2 is 1.94 bits per heavy atom. The van der Waals surface area contributed by atoms with Gasteiger partial charge in [-0.05, 0) is 37.5 Å². The maximum absolute atomic E-state index is 12.7. The fourth-order valence-corrected chi connectivity index (χ4v) is 4.23. The number of imidazole rings is 1. The smallest absolute Gasteiger partial charge is 0.475 e. The van der Waals surface area contributed by atoms with Crippen LogP contribution in [0.3, 0.4) is 0 Å². The van der Waals surface area contributed by atoms with Gasteiger partial charge >= 0.3 is 18.2 Å². The van der Waals surface area contributed by atoms with Gasteiger partial charge in [0.05, 0.1) is 6.26 Å². The minimum absolute atomic E-state index is 0.0457. The highest BCUT2D eigenvalue weighted by molar-refractivity contribution is 5.74. The number of likely N-dealkylation sites (tertiary alicyclic amines) is 1. The van der Waals surface area contributed by atoms with Crippen molar-refractivity contribution in [2.45, 2.75) is 50.4 Å². The molecule has 1 atom stereocenters. The van der Waals surface area contributed by atoms with Crippen LogP contribution in [0.4, 0.5) is 18.0 Å². The molecule has 10 nitrogen and oxygen atoms in total. The maximum atomic E-state index is 12.7. The van der Waals surface area contributed by atoms with Crippen molar-refractivity contribution in [2.75, 3.05) is 13.1 Å². The molecule has 1 unspecified atom stereocenters. The summed E-state index contributed by atoms with van der Waals surface area (Å²) >= 11 is 0. The number of aromatic nitrogens is 4. The molecule has 0 aliphatic carbocycles. The van der Waals surface area contributed by atoms with E-state index in [1.54, 1.807) is 6.26 Å². The molecule has 3 aromatic heterocycles. The third kappa shape index (κ3) is 6.03. The zero-order valence-corrected chi connectivity index (χ0v) is 18.7. The number of hydrogen-bond acceptors (Lipinski definition) is 5. The van der Waals surface area contributed by atoms with E-state index in [0.29, 0.717) is 5.92 Å². The summed E-state index contributed by atoms with van der Waals surface area (Å²) in [5.74, 6) is -0.538. The molecule has 35 heavy (non-hydrogen) atoms. The monoisotopic (exact) mass is 494 g/mol. The summed E-state index contributed by atoms with van der Waals surface area (Å²) in [5.41, 5.74) is 1.95. The molecule has 0 spiro atoms. The van der Waals surface area contributed by atoms with Gasteiger partial charge in [-0.2, -0.15) is 18.3 Å². The number of carboxylic acid groups (broad SMARTS) is 1. The Hall–Kier alpha value is -3.77. The lowest BCUT2D eigenvalue weighted by molar-refractivity contribution is -0.192. The molecular formula is C22H25F3N6O4. The number of aliphatic carboxylic acids is 1. The van der Waals surface area contributed by atoms with Crippen molar-refractivity contribution in [1.82, 2.24) is 30.0 Å². The van der Waals surface area contributed by atoms with Gasteiger partial charge in [0.1, 0.15) is 11.5 Å². The summed E-state index contributed by atoms with van der Waals surface area (Å²) in [6, 6.07) is 6.04. The van der Waals surface area contributed by atoms with Crippen LogP contribution < -0.4 is 5.32 Å². The highest BCUT2D eigenvalue weighted by Gasteiger charge is 2.38. The molecule has 13 heteroatoms. The number of carbonyl (C=O) groups is 2. The van der Waals surface area contributed by atoms with E-state index >= 15 is 0 Å². The SMILES string of the molecule is O=C(NC1CCn2ccnc2C1)N1CCC(c2cc(-c3ccco3)n[nH]2)CC1.O=C(O)C(F)(F)F. The Kier molecular flexibility index (Phi) is 7.12. The molecule has 2 aliphatic heterocycles. The highest BCUT2D eigenvalue weighted by atomic mass is 19.4. The number of aryl methyl sites for hydroxylation is 1. The Labute approximate surface area is 198 Å². The van der Waals surface area contributed by atoms with Gasteiger partial charge in [-0.25, -0.2) is 14.6 Å². The van der Waals surface area contributed by atoms with Gasteiger partial charge in [0, 0.05) is 56.1 Å². The quantitative estimate of drug-likeness (QED) is 0.512. The van der Waals surface area contributed by atoms with E-state index in [4.69, 9.17) is 14.3 Å². The summed E-state index contributed by atoms with van der Waals surface area (Å²) in [6.07, 6.45) is 4.03. The average Bonchev–Trinajstić information content (AvgIpc) is 3.60. The van der Waals surface area contributed by atoms with Crippen LogP contribution in [0.25, 0.3) is 11.5 Å². The van der Waals surface area contributed by atoms with Crippen molar-refractivity contribution >= 4 is 12.0 Å². The van der Waals surface area contributed by atoms with Crippen LogP contribution >= 0.6 is 0 Å². The molecule has 0 saturated carbocycles. The lowest BCUT2D eigenvalue weighted by Gasteiger charge is -2.33. The standard InChI is InChI=1S/C20H24N6O2.C2HF3O2/c27-20(22-15-5-9-25-10-6-21-19(25)12-15)26-7-3-14(4-8-26)16-13-17(24-23-16)18-2-1-11-28-18;3-2(4,5)1(6)7/h1-2,6,10-11,13-15H,3-5,7-9,12H2,(H,22,27)(H,23,24);(H,6,7). The largest absolute Gasteiger partial charge is 0.490 e. The van der Waals surface area contributed by atoms with Gasteiger partial charge in [0.25, 0.3) is 0 Å². The summed E-state index contributed by atoms with van der Waals surface area (Å²) in [4.78, 5) is 27.9. The number of furan rings is 1. The summed E-state index contributed by atoms with van der Waals surface area (Å²) in [5, 5.41) is 17.8. The zero-order valence-electron chi connectivity index (χ0n) is 18.7. The number of amides is 2. The van der Waals surface area contributed by atoms with E-state index in [2.05, 4.69) is 31.1 Å². The fourth-order valence-electron chi connectivity index (χ4n) is 4.23. The number of piperidine rings is 1. The van der Waals surface area contributed by atoms with Crippen molar-refractivity contribution in [3.05, 3.63) is 48.4 Å². The number of nitrogens with zero attached hydrogens (tertiary/aromatic N) is 4. The van der Waals surface area contributed by atoms with Crippen molar-refractivity contribution in [3.63, 3.8) is 0 Å². The number of rotatable bonds is 3. The number of carbonyl (C=O) groups excluding carboxylic acids is 1. The van der Waals surface area contributed by atoms with E-state index in [0.717, 1.165) is 68.3 Å². The van der Waals surface area contributed by atoms with Crippen LogP contribution in [-0.2, 0) is 17.8 Å². The summed E-state index contributed by atoms with van der Waals surface area (Å²) in [6.45, 7) is 2.43. The Bertz CT molecular complexity index is 1130. The molecule has 0 bridgehead atoms. The summed E-state index contributed by atoms with van der Waals surface area (Å²) < 4.78 is 39.3. The maximum Gasteiger partial charge on any atom is 0.490 e. The van der Waals surface area contributed by atoms with Gasteiger partial charge in [0.15, 0.2) is 5.76 Å². The first-order chi connectivity index (χ1) is 16.7. The van der Waals surface area contributed by atoms with Gasteiger partial charge in [-0.15, -0.1) is 0 Å². The lowest BCUT2D eigenvalue weighted by atomic mass is 9.93. The van der Waals surface area contributed by atoms with Crippen molar-refractivity contribution in [3.8, 4) is 11.5 Å². The highest BCUT2D eigenvalue weighted by Crippen LogP contribution is 2.29. The number of carboxylic acids is 1. The first kappa shape index (κ1) is 24.4. The average molecular weight is 494 g/mol. The predicted octanol–water partition coefficient (Wildman–Crippen LogP) is 3.40. The van der Waals surface area contributed by atoms with E-state index in [-0.39, 0.29) is 12.1 Å². The molecule has 188 valence electrons. The van der Waals surface area contributed by atoms with E-state index in [9.17, 15) is 18.0 Å². The van der Waals surface area contributed by atoms with Crippen molar-refractivity contribution in [1.29, 1.82) is 0 Å². The van der Waals surface area contributed by atoms with Gasteiger partial charge in [-0.1, -0.05) is 0 Å². The van der Waals surface area contributed by atoms with Crippen LogP contribution in [-0.4, -0.2) is 67.1 Å². The van der Waals surface area contributed by atoms with Gasteiger partial charge < -0.3 is 24.3 Å². The van der Waals surface area contributed by atoms with Crippen LogP contribution in [0.5, 0.6) is 0 Å². The van der Waals surface area contributed by atoms with E-state index < -0.39 is 12.1 Å². The molecule has 3 N–H and O–H groups in total. The lowest BCUT2D eigenvalue weighted by Crippen LogP contribution is -2.49. The second-order valence-corrected chi connectivity index (χ2v) is 8.43. The van der Waals surface area contributed by atoms with E-state index in [1.165, 1.54) is 0 Å². The number of nitrogens with one attached hydrogen (secondary N) is 2. The number of aromatic amines is 1. The first-order valence-corrected chi connectivity index (χ1v) is 11.2. The molecule has 2 aliphatic rings. The fraction of sp³-hybridized carbons (Fsp3) is 0.455. The number of halogens is 3. The van der Waals surface area contributed by atoms with Crippen LogP contribution in [0, 0.1) is 0 Å². The normalized spacial score (nSPS) is 18.4. The van der Waals surface area contributed by atoms with Crippen LogP contribution in [0.2, 0.25) is 0 Å². The zero-order chi connectivity index (χ0) is 25.0. The van der Waals surface area contributed by atoms with Gasteiger partial charge in [-0.3, -0.25) is 5.10 Å². The number of fused-ring (bicyclic) bond motifs is 1. The van der Waals surface area contributed by atoms with Crippen molar-refractivity contribution < 1.29 is 32.3 Å². The molecule has 3 aromatic rings. The Balaban J connectivity index is 0.000000364.